The van der Waals surface area contributed by atoms with Gasteiger partial charge in [0.2, 0.25) is 11.2 Å². The molecule has 0 saturated carbocycles. The fourth-order valence-electron chi connectivity index (χ4n) is 1.97. The van der Waals surface area contributed by atoms with E-state index in [0.29, 0.717) is 5.04 Å². The van der Waals surface area contributed by atoms with E-state index in [1.165, 1.54) is 0 Å². The van der Waals surface area contributed by atoms with Crippen LogP contribution in [0.4, 0.5) is 0 Å². The highest BCUT2D eigenvalue weighted by atomic mass is 32.1. The lowest BCUT2D eigenvalue weighted by molar-refractivity contribution is -0.658. The standard InChI is InChI=1S/C15H12N2S2/c1-11-8-9-12-5-2-3-6-13(12)17(11)16-15(18)14-7-4-10-19-14/h2-10H,1H3. The second-order valence-electron chi connectivity index (χ2n) is 4.23. The van der Waals surface area contributed by atoms with Crippen molar-refractivity contribution < 1.29 is 4.68 Å². The van der Waals surface area contributed by atoms with Crippen LogP contribution in [0.3, 0.4) is 0 Å². The third-order valence-corrected chi connectivity index (χ3v) is 4.23. The fraction of sp³-hybridized carbons (Fsp3) is 0.0667. The lowest BCUT2D eigenvalue weighted by Crippen LogP contribution is -2.33. The Bertz CT molecular complexity index is 746. The van der Waals surface area contributed by atoms with E-state index >= 15 is 0 Å². The average Bonchev–Trinajstić information content (AvgIpc) is 2.96. The number of nitrogens with zero attached hydrogens (tertiary/aromatic N) is 2. The minimum Gasteiger partial charge on any atom is -0.753 e. The van der Waals surface area contributed by atoms with Crippen molar-refractivity contribution in [3.8, 4) is 0 Å². The second kappa shape index (κ2) is 5.07. The van der Waals surface area contributed by atoms with Gasteiger partial charge in [0.25, 0.3) is 0 Å². The minimum absolute atomic E-state index is 0.624. The van der Waals surface area contributed by atoms with Gasteiger partial charge in [0.1, 0.15) is 0 Å². The number of fused-ring (bicyclic) bond motifs is 1. The zero-order valence-electron chi connectivity index (χ0n) is 10.4. The third-order valence-electron chi connectivity index (χ3n) is 2.93. The molecule has 0 bridgehead atoms. The Morgan fingerprint density at radius 1 is 1.11 bits per heavy atom. The Hall–Kier alpha value is -1.78. The quantitative estimate of drug-likeness (QED) is 0.305. The number of aromatic nitrogens is 1. The summed E-state index contributed by atoms with van der Waals surface area (Å²) >= 11 is 7.01. The second-order valence-corrected chi connectivity index (χ2v) is 5.56. The number of para-hydroxylation sites is 1. The average molecular weight is 284 g/mol. The van der Waals surface area contributed by atoms with Crippen LogP contribution in [0.2, 0.25) is 0 Å². The molecular formula is C15H12N2S2. The van der Waals surface area contributed by atoms with Gasteiger partial charge in [0.05, 0.1) is 0 Å². The zero-order chi connectivity index (χ0) is 13.2. The molecule has 4 heteroatoms. The fourth-order valence-corrected chi connectivity index (χ4v) is 2.86. The SMILES string of the molecule is Cc1ccc2ccccc2[n+]1/N=C(\[S-])c1cccs1. The van der Waals surface area contributed by atoms with E-state index < -0.39 is 0 Å². The maximum Gasteiger partial charge on any atom is 0.245 e. The summed E-state index contributed by atoms with van der Waals surface area (Å²) in [5.41, 5.74) is 2.14. The van der Waals surface area contributed by atoms with Crippen LogP contribution in [-0.4, -0.2) is 5.04 Å². The molecule has 19 heavy (non-hydrogen) atoms. The molecular weight excluding hydrogens is 272 g/mol. The Balaban J connectivity index is 2.20. The van der Waals surface area contributed by atoms with Gasteiger partial charge < -0.3 is 12.6 Å². The van der Waals surface area contributed by atoms with Gasteiger partial charge in [0.15, 0.2) is 0 Å². The van der Waals surface area contributed by atoms with Crippen LogP contribution in [0.25, 0.3) is 10.9 Å². The van der Waals surface area contributed by atoms with Crippen molar-refractivity contribution in [2.45, 2.75) is 6.92 Å². The summed E-state index contributed by atoms with van der Waals surface area (Å²) in [6.07, 6.45) is 0. The number of aryl methyl sites for hydroxylation is 1. The minimum atomic E-state index is 0.624. The zero-order valence-corrected chi connectivity index (χ0v) is 12.0. The van der Waals surface area contributed by atoms with Crippen molar-refractivity contribution in [2.24, 2.45) is 5.10 Å². The first-order chi connectivity index (χ1) is 9.25. The van der Waals surface area contributed by atoms with Gasteiger partial charge in [-0.1, -0.05) is 22.9 Å². The molecule has 0 aliphatic rings. The largest absolute Gasteiger partial charge is 0.753 e. The van der Waals surface area contributed by atoms with Crippen molar-refractivity contribution in [1.82, 2.24) is 0 Å². The number of pyridine rings is 1. The summed E-state index contributed by atoms with van der Waals surface area (Å²) in [6.45, 7) is 2.03. The molecule has 0 spiro atoms. The van der Waals surface area contributed by atoms with Gasteiger partial charge in [-0.25, -0.2) is 0 Å². The van der Waals surface area contributed by atoms with Crippen molar-refractivity contribution in [1.29, 1.82) is 0 Å². The predicted octanol–water partition coefficient (Wildman–Crippen LogP) is 3.25. The van der Waals surface area contributed by atoms with Crippen LogP contribution in [0.1, 0.15) is 10.6 Å². The van der Waals surface area contributed by atoms with Crippen LogP contribution in [0.5, 0.6) is 0 Å². The molecule has 0 radical (unpaired) electrons. The van der Waals surface area contributed by atoms with Crippen LogP contribution in [0, 0.1) is 6.92 Å². The molecule has 2 heterocycles. The van der Waals surface area contributed by atoms with Crippen molar-refractivity contribution in [2.75, 3.05) is 0 Å². The van der Waals surface area contributed by atoms with Crippen LogP contribution < -0.4 is 4.68 Å². The number of hydrogen-bond acceptors (Lipinski definition) is 3. The van der Waals surface area contributed by atoms with E-state index in [1.807, 2.05) is 41.2 Å². The summed E-state index contributed by atoms with van der Waals surface area (Å²) in [5, 5.41) is 8.38. The van der Waals surface area contributed by atoms with Gasteiger partial charge in [-0.05, 0) is 28.7 Å². The lowest BCUT2D eigenvalue weighted by atomic mass is 10.2. The molecule has 1 aromatic carbocycles. The molecule has 3 rings (SSSR count). The Morgan fingerprint density at radius 2 is 1.95 bits per heavy atom. The normalized spacial score (nSPS) is 11.9. The molecule has 0 N–H and O–H groups in total. The van der Waals surface area contributed by atoms with Gasteiger partial charge in [0, 0.05) is 34.4 Å². The van der Waals surface area contributed by atoms with E-state index in [1.54, 1.807) is 11.3 Å². The highest BCUT2D eigenvalue weighted by molar-refractivity contribution is 7.78. The monoisotopic (exact) mass is 284 g/mol. The first-order valence-corrected chi connectivity index (χ1v) is 7.25. The summed E-state index contributed by atoms with van der Waals surface area (Å²) in [5.74, 6) is 0. The molecule has 0 fully saturated rings. The van der Waals surface area contributed by atoms with E-state index in [0.717, 1.165) is 21.5 Å². The van der Waals surface area contributed by atoms with E-state index in [9.17, 15) is 0 Å². The highest BCUT2D eigenvalue weighted by Gasteiger charge is 2.11. The molecule has 3 aromatic rings. The smallest absolute Gasteiger partial charge is 0.245 e. The molecule has 0 atom stereocenters. The molecule has 0 aliphatic heterocycles. The van der Waals surface area contributed by atoms with Gasteiger partial charge in [-0.3, -0.25) is 0 Å². The molecule has 94 valence electrons. The lowest BCUT2D eigenvalue weighted by Gasteiger charge is -2.05. The number of thiophene rings is 1. The maximum atomic E-state index is 5.40. The highest BCUT2D eigenvalue weighted by Crippen LogP contribution is 2.12. The van der Waals surface area contributed by atoms with Gasteiger partial charge in [-0.15, -0.1) is 11.3 Å². The third kappa shape index (κ3) is 2.37. The summed E-state index contributed by atoms with van der Waals surface area (Å²) in [4.78, 5) is 1.02. The number of rotatable bonds is 2. The molecule has 0 unspecified atom stereocenters. The van der Waals surface area contributed by atoms with Gasteiger partial charge >= 0.3 is 0 Å². The van der Waals surface area contributed by atoms with Crippen LogP contribution in [0.15, 0.2) is 59.0 Å². The van der Waals surface area contributed by atoms with E-state index in [-0.39, 0.29) is 0 Å². The van der Waals surface area contributed by atoms with Crippen molar-refractivity contribution >= 4 is 39.9 Å². The van der Waals surface area contributed by atoms with Crippen molar-refractivity contribution in [3.05, 3.63) is 64.5 Å². The Labute approximate surface area is 121 Å². The molecule has 0 amide bonds. The topological polar surface area (TPSA) is 16.2 Å². The predicted molar refractivity (Wildman–Crippen MR) is 82.5 cm³/mol. The van der Waals surface area contributed by atoms with Crippen LogP contribution >= 0.6 is 11.3 Å². The molecule has 2 nitrogen and oxygen atoms in total. The first kappa shape index (κ1) is 12.3. The van der Waals surface area contributed by atoms with E-state index in [4.69, 9.17) is 12.6 Å². The summed E-state index contributed by atoms with van der Waals surface area (Å²) in [6, 6.07) is 16.3. The van der Waals surface area contributed by atoms with Crippen LogP contribution in [-0.2, 0) is 12.6 Å². The first-order valence-electron chi connectivity index (χ1n) is 5.96. The van der Waals surface area contributed by atoms with E-state index in [2.05, 4.69) is 29.4 Å². The number of benzene rings is 1. The Kier molecular flexibility index (Phi) is 3.27. The summed E-state index contributed by atoms with van der Waals surface area (Å²) in [7, 11) is 0. The molecule has 0 aliphatic carbocycles. The van der Waals surface area contributed by atoms with Gasteiger partial charge in [-0.2, -0.15) is 0 Å². The summed E-state index contributed by atoms with van der Waals surface area (Å²) < 4.78 is 1.91. The Morgan fingerprint density at radius 3 is 2.74 bits per heavy atom. The maximum absolute atomic E-state index is 5.40. The van der Waals surface area contributed by atoms with Crippen molar-refractivity contribution in [3.63, 3.8) is 0 Å². The molecule has 0 saturated heterocycles. The molecule has 2 aromatic heterocycles. The number of hydrogen-bond donors (Lipinski definition) is 0.